The van der Waals surface area contributed by atoms with Crippen LogP contribution in [0.5, 0.6) is 0 Å². The Balaban J connectivity index is 2.44. The van der Waals surface area contributed by atoms with Gasteiger partial charge in [0.05, 0.1) is 11.4 Å². The van der Waals surface area contributed by atoms with Crippen LogP contribution in [0.2, 0.25) is 5.02 Å². The minimum absolute atomic E-state index is 0.105. The van der Waals surface area contributed by atoms with Crippen molar-refractivity contribution in [3.8, 4) is 0 Å². The minimum atomic E-state index is 0.105. The zero-order chi connectivity index (χ0) is 11.1. The molecule has 2 nitrogen and oxygen atoms in total. The van der Waals surface area contributed by atoms with Crippen LogP contribution < -0.4 is 10.2 Å². The summed E-state index contributed by atoms with van der Waals surface area (Å²) in [5.41, 5.74) is 2.50. The van der Waals surface area contributed by atoms with E-state index in [0.29, 0.717) is 0 Å². The molecule has 0 bridgehead atoms. The molecular formula is C12H17ClN2. The summed E-state index contributed by atoms with van der Waals surface area (Å²) in [6.07, 6.45) is 0. The molecule has 1 aliphatic heterocycles. The van der Waals surface area contributed by atoms with Gasteiger partial charge in [-0.15, -0.1) is 0 Å². The van der Waals surface area contributed by atoms with Crippen LogP contribution >= 0.6 is 11.6 Å². The van der Waals surface area contributed by atoms with Gasteiger partial charge in [-0.3, -0.25) is 0 Å². The molecule has 1 heterocycles. The first kappa shape index (κ1) is 10.6. The van der Waals surface area contributed by atoms with E-state index in [1.807, 2.05) is 12.1 Å². The molecule has 1 N–H and O–H groups in total. The van der Waals surface area contributed by atoms with Crippen LogP contribution in [0.1, 0.15) is 20.8 Å². The molecule has 0 unspecified atom stereocenters. The standard InChI is InChI=1S/C12H17ClN2/c1-4-15-8-12(2,3)14-10-7-9(13)5-6-11(10)15/h5-7,14H,4,8H2,1-3H3. The zero-order valence-corrected chi connectivity index (χ0v) is 10.2. The van der Waals surface area contributed by atoms with Crippen molar-refractivity contribution in [2.45, 2.75) is 26.3 Å². The molecule has 0 saturated carbocycles. The van der Waals surface area contributed by atoms with Crippen LogP contribution in [-0.2, 0) is 0 Å². The van der Waals surface area contributed by atoms with Gasteiger partial charge in [-0.2, -0.15) is 0 Å². The smallest absolute Gasteiger partial charge is 0.0603 e. The predicted molar refractivity (Wildman–Crippen MR) is 67.0 cm³/mol. The summed E-state index contributed by atoms with van der Waals surface area (Å²) >= 11 is 6.00. The Morgan fingerprint density at radius 2 is 2.20 bits per heavy atom. The van der Waals surface area contributed by atoms with Gasteiger partial charge in [0.25, 0.3) is 0 Å². The number of likely N-dealkylation sites (N-methyl/N-ethyl adjacent to an activating group) is 1. The Hall–Kier alpha value is -0.890. The molecule has 3 heteroatoms. The molecule has 0 spiro atoms. The van der Waals surface area contributed by atoms with Crippen molar-refractivity contribution in [2.75, 3.05) is 23.3 Å². The van der Waals surface area contributed by atoms with Crippen molar-refractivity contribution in [2.24, 2.45) is 0 Å². The molecule has 0 aromatic heterocycles. The van der Waals surface area contributed by atoms with E-state index in [2.05, 4.69) is 37.1 Å². The highest BCUT2D eigenvalue weighted by molar-refractivity contribution is 6.31. The van der Waals surface area contributed by atoms with Crippen molar-refractivity contribution < 1.29 is 0 Å². The van der Waals surface area contributed by atoms with Crippen LogP contribution in [0.3, 0.4) is 0 Å². The fraction of sp³-hybridized carbons (Fsp3) is 0.500. The van der Waals surface area contributed by atoms with E-state index < -0.39 is 0 Å². The largest absolute Gasteiger partial charge is 0.377 e. The first-order valence-corrected chi connectivity index (χ1v) is 5.72. The van der Waals surface area contributed by atoms with E-state index in [4.69, 9.17) is 11.6 Å². The fourth-order valence-electron chi connectivity index (χ4n) is 2.13. The number of benzene rings is 1. The summed E-state index contributed by atoms with van der Waals surface area (Å²) in [6, 6.07) is 6.03. The first-order chi connectivity index (χ1) is 7.02. The minimum Gasteiger partial charge on any atom is -0.377 e. The molecule has 1 aromatic carbocycles. The number of hydrogen-bond donors (Lipinski definition) is 1. The maximum atomic E-state index is 6.00. The Bertz CT molecular complexity index is 374. The molecule has 0 amide bonds. The lowest BCUT2D eigenvalue weighted by atomic mass is 9.99. The predicted octanol–water partition coefficient (Wildman–Crippen LogP) is 3.37. The average molecular weight is 225 g/mol. The summed E-state index contributed by atoms with van der Waals surface area (Å²) in [5, 5.41) is 4.30. The molecule has 15 heavy (non-hydrogen) atoms. The molecule has 82 valence electrons. The van der Waals surface area contributed by atoms with Gasteiger partial charge in [0.2, 0.25) is 0 Å². The normalized spacial score (nSPS) is 18.3. The topological polar surface area (TPSA) is 15.3 Å². The molecular weight excluding hydrogens is 208 g/mol. The molecule has 0 atom stereocenters. The van der Waals surface area contributed by atoms with Gasteiger partial charge in [0.1, 0.15) is 0 Å². The van der Waals surface area contributed by atoms with Gasteiger partial charge in [-0.1, -0.05) is 11.6 Å². The molecule has 0 radical (unpaired) electrons. The highest BCUT2D eigenvalue weighted by Gasteiger charge is 2.28. The lowest BCUT2D eigenvalue weighted by molar-refractivity contribution is 0.537. The highest BCUT2D eigenvalue weighted by atomic mass is 35.5. The van der Waals surface area contributed by atoms with E-state index in [1.165, 1.54) is 5.69 Å². The van der Waals surface area contributed by atoms with Gasteiger partial charge in [0, 0.05) is 23.7 Å². The number of anilines is 2. The average Bonchev–Trinajstić information content (AvgIpc) is 2.14. The van der Waals surface area contributed by atoms with E-state index in [0.717, 1.165) is 23.8 Å². The first-order valence-electron chi connectivity index (χ1n) is 5.34. The number of hydrogen-bond acceptors (Lipinski definition) is 2. The van der Waals surface area contributed by atoms with Crippen LogP contribution in [-0.4, -0.2) is 18.6 Å². The lowest BCUT2D eigenvalue weighted by Crippen LogP contribution is -2.48. The second-order valence-electron chi connectivity index (χ2n) is 4.68. The maximum absolute atomic E-state index is 6.00. The van der Waals surface area contributed by atoms with Gasteiger partial charge in [-0.25, -0.2) is 0 Å². The van der Waals surface area contributed by atoms with E-state index in [9.17, 15) is 0 Å². The molecule has 0 saturated heterocycles. The van der Waals surface area contributed by atoms with Gasteiger partial charge >= 0.3 is 0 Å². The molecule has 0 fully saturated rings. The molecule has 0 aliphatic carbocycles. The van der Waals surface area contributed by atoms with Crippen molar-refractivity contribution in [1.82, 2.24) is 0 Å². The van der Waals surface area contributed by atoms with E-state index in [-0.39, 0.29) is 5.54 Å². The number of halogens is 1. The summed E-state index contributed by atoms with van der Waals surface area (Å²) in [5.74, 6) is 0. The van der Waals surface area contributed by atoms with E-state index in [1.54, 1.807) is 0 Å². The lowest BCUT2D eigenvalue weighted by Gasteiger charge is -2.41. The second-order valence-corrected chi connectivity index (χ2v) is 5.12. The Labute approximate surface area is 96.2 Å². The summed E-state index contributed by atoms with van der Waals surface area (Å²) in [7, 11) is 0. The third-order valence-electron chi connectivity index (χ3n) is 2.74. The van der Waals surface area contributed by atoms with Crippen molar-refractivity contribution in [1.29, 1.82) is 0 Å². The van der Waals surface area contributed by atoms with Crippen LogP contribution in [0, 0.1) is 0 Å². The SMILES string of the molecule is CCN1CC(C)(C)Nc2cc(Cl)ccc21. The maximum Gasteiger partial charge on any atom is 0.0603 e. The quantitative estimate of drug-likeness (QED) is 0.787. The van der Waals surface area contributed by atoms with Crippen LogP contribution in [0.4, 0.5) is 11.4 Å². The van der Waals surface area contributed by atoms with Gasteiger partial charge in [0.15, 0.2) is 0 Å². The third-order valence-corrected chi connectivity index (χ3v) is 2.98. The van der Waals surface area contributed by atoms with Crippen molar-refractivity contribution in [3.05, 3.63) is 23.2 Å². The highest BCUT2D eigenvalue weighted by Crippen LogP contribution is 2.35. The van der Waals surface area contributed by atoms with Crippen molar-refractivity contribution in [3.63, 3.8) is 0 Å². The van der Waals surface area contributed by atoms with Crippen LogP contribution in [0.15, 0.2) is 18.2 Å². The monoisotopic (exact) mass is 224 g/mol. The Morgan fingerprint density at radius 3 is 2.87 bits per heavy atom. The summed E-state index contributed by atoms with van der Waals surface area (Å²) in [6.45, 7) is 8.65. The number of rotatable bonds is 1. The molecule has 1 aliphatic rings. The Morgan fingerprint density at radius 1 is 1.47 bits per heavy atom. The van der Waals surface area contributed by atoms with Crippen molar-refractivity contribution >= 4 is 23.0 Å². The van der Waals surface area contributed by atoms with Crippen LogP contribution in [0.25, 0.3) is 0 Å². The number of nitrogens with one attached hydrogen (secondary N) is 1. The molecule has 2 rings (SSSR count). The van der Waals surface area contributed by atoms with E-state index >= 15 is 0 Å². The van der Waals surface area contributed by atoms with Gasteiger partial charge in [-0.05, 0) is 39.0 Å². The fourth-order valence-corrected chi connectivity index (χ4v) is 2.30. The third kappa shape index (κ3) is 2.05. The number of nitrogens with zero attached hydrogens (tertiary/aromatic N) is 1. The summed E-state index contributed by atoms with van der Waals surface area (Å²) < 4.78 is 0. The molecule has 1 aromatic rings. The second kappa shape index (κ2) is 3.60. The summed E-state index contributed by atoms with van der Waals surface area (Å²) in [4.78, 5) is 2.38. The number of fused-ring (bicyclic) bond motifs is 1. The van der Waals surface area contributed by atoms with Gasteiger partial charge < -0.3 is 10.2 Å². The zero-order valence-electron chi connectivity index (χ0n) is 9.47. The Kier molecular flexibility index (Phi) is 2.55.